The van der Waals surface area contributed by atoms with Crippen molar-refractivity contribution in [2.75, 3.05) is 38.5 Å². The van der Waals surface area contributed by atoms with Crippen LogP contribution >= 0.6 is 0 Å². The Morgan fingerprint density at radius 2 is 1.59 bits per heavy atom. The van der Waals surface area contributed by atoms with Crippen molar-refractivity contribution >= 4 is 15.7 Å². The highest BCUT2D eigenvalue weighted by Gasteiger charge is 2.28. The third-order valence-electron chi connectivity index (χ3n) is 6.25. The molecular weight excluding hydrogens is 386 g/mol. The summed E-state index contributed by atoms with van der Waals surface area (Å²) in [6, 6.07) is 8.34. The summed E-state index contributed by atoms with van der Waals surface area (Å²) in [5.74, 6) is -0.224. The fourth-order valence-corrected chi connectivity index (χ4v) is 6.08. The van der Waals surface area contributed by atoms with Crippen LogP contribution < -0.4 is 5.32 Å². The average molecular weight is 422 g/mol. The van der Waals surface area contributed by atoms with E-state index in [1.165, 1.54) is 5.56 Å². The molecule has 0 spiro atoms. The third kappa shape index (κ3) is 6.79. The van der Waals surface area contributed by atoms with Crippen molar-refractivity contribution in [2.45, 2.75) is 57.4 Å². The first-order valence-corrected chi connectivity index (χ1v) is 12.7. The number of sulfone groups is 1. The number of hydrogen-bond donors (Lipinski definition) is 1. The molecule has 1 aromatic rings. The van der Waals surface area contributed by atoms with E-state index in [0.29, 0.717) is 6.54 Å². The van der Waals surface area contributed by atoms with Crippen LogP contribution in [0.5, 0.6) is 0 Å². The van der Waals surface area contributed by atoms with Gasteiger partial charge < -0.3 is 10.2 Å². The quantitative estimate of drug-likeness (QED) is 0.662. The van der Waals surface area contributed by atoms with E-state index in [2.05, 4.69) is 34.2 Å². The van der Waals surface area contributed by atoms with Gasteiger partial charge in [-0.25, -0.2) is 8.42 Å². The van der Waals surface area contributed by atoms with Crippen LogP contribution in [0, 0.1) is 0 Å². The minimum absolute atomic E-state index is 0.0340. The normalized spacial score (nSPS) is 19.5. The molecule has 29 heavy (non-hydrogen) atoms. The molecule has 162 valence electrons. The standard InChI is InChI=1S/C22H35N3O3S/c1-2-24-12-14-25(15-13-24)18-20-9-7-19(8-10-20)17-23-22(26)11-16-29(27,28)21-5-3-4-6-21/h7-10,21H,2-6,11-18H2,1H3,(H,23,26). The van der Waals surface area contributed by atoms with E-state index in [0.717, 1.165) is 70.5 Å². The second-order valence-corrected chi connectivity index (χ2v) is 10.7. The molecule has 1 saturated heterocycles. The van der Waals surface area contributed by atoms with Gasteiger partial charge in [-0.05, 0) is 30.5 Å². The van der Waals surface area contributed by atoms with Gasteiger partial charge in [0.15, 0.2) is 9.84 Å². The van der Waals surface area contributed by atoms with E-state index in [1.807, 2.05) is 12.1 Å². The topological polar surface area (TPSA) is 69.7 Å². The lowest BCUT2D eigenvalue weighted by atomic mass is 10.1. The summed E-state index contributed by atoms with van der Waals surface area (Å²) < 4.78 is 24.5. The second kappa shape index (κ2) is 10.5. The summed E-state index contributed by atoms with van der Waals surface area (Å²) in [5.41, 5.74) is 2.32. The number of rotatable bonds is 9. The minimum Gasteiger partial charge on any atom is -0.352 e. The fraction of sp³-hybridized carbons (Fsp3) is 0.682. The van der Waals surface area contributed by atoms with E-state index in [9.17, 15) is 13.2 Å². The molecule has 1 aromatic carbocycles. The Kier molecular flexibility index (Phi) is 8.09. The molecule has 1 aliphatic heterocycles. The van der Waals surface area contributed by atoms with Gasteiger partial charge in [-0.3, -0.25) is 9.69 Å². The zero-order valence-corrected chi connectivity index (χ0v) is 18.4. The lowest BCUT2D eigenvalue weighted by Crippen LogP contribution is -2.45. The van der Waals surface area contributed by atoms with Crippen molar-refractivity contribution in [1.82, 2.24) is 15.1 Å². The van der Waals surface area contributed by atoms with Gasteiger partial charge >= 0.3 is 0 Å². The van der Waals surface area contributed by atoms with Crippen LogP contribution in [0.15, 0.2) is 24.3 Å². The first kappa shape index (κ1) is 22.2. The van der Waals surface area contributed by atoms with Gasteiger partial charge in [0.2, 0.25) is 5.91 Å². The molecule has 6 nitrogen and oxygen atoms in total. The number of carbonyl (C=O) groups excluding carboxylic acids is 1. The fourth-order valence-electron chi connectivity index (χ4n) is 4.22. The van der Waals surface area contributed by atoms with E-state index >= 15 is 0 Å². The van der Waals surface area contributed by atoms with Crippen molar-refractivity contribution in [3.63, 3.8) is 0 Å². The van der Waals surface area contributed by atoms with E-state index in [-0.39, 0.29) is 23.3 Å². The first-order chi connectivity index (χ1) is 14.0. The number of amides is 1. The van der Waals surface area contributed by atoms with E-state index < -0.39 is 9.84 Å². The summed E-state index contributed by atoms with van der Waals surface area (Å²) in [4.78, 5) is 17.0. The van der Waals surface area contributed by atoms with Crippen molar-refractivity contribution in [1.29, 1.82) is 0 Å². The maximum absolute atomic E-state index is 12.3. The third-order valence-corrected chi connectivity index (χ3v) is 8.51. The Balaban J connectivity index is 1.38. The van der Waals surface area contributed by atoms with Crippen LogP contribution in [0.1, 0.15) is 50.2 Å². The van der Waals surface area contributed by atoms with Gasteiger partial charge in [-0.15, -0.1) is 0 Å². The maximum atomic E-state index is 12.3. The summed E-state index contributed by atoms with van der Waals surface area (Å²) in [5, 5.41) is 2.63. The SMILES string of the molecule is CCN1CCN(Cc2ccc(CNC(=O)CCS(=O)(=O)C3CCCC3)cc2)CC1. The largest absolute Gasteiger partial charge is 0.352 e. The van der Waals surface area contributed by atoms with Crippen molar-refractivity contribution in [3.8, 4) is 0 Å². The van der Waals surface area contributed by atoms with Crippen LogP contribution in [-0.2, 0) is 27.7 Å². The highest BCUT2D eigenvalue weighted by atomic mass is 32.2. The Morgan fingerprint density at radius 1 is 1.00 bits per heavy atom. The Labute approximate surface area is 175 Å². The lowest BCUT2D eigenvalue weighted by Gasteiger charge is -2.34. The smallest absolute Gasteiger partial charge is 0.221 e. The Bertz CT molecular complexity index is 750. The average Bonchev–Trinajstić information content (AvgIpc) is 3.28. The Morgan fingerprint density at radius 3 is 2.21 bits per heavy atom. The predicted octanol–water partition coefficient (Wildman–Crippen LogP) is 2.19. The van der Waals surface area contributed by atoms with Gasteiger partial charge in [0.05, 0.1) is 11.0 Å². The highest BCUT2D eigenvalue weighted by molar-refractivity contribution is 7.92. The zero-order valence-electron chi connectivity index (χ0n) is 17.6. The van der Waals surface area contributed by atoms with Crippen LogP contribution in [0.2, 0.25) is 0 Å². The number of nitrogens with zero attached hydrogens (tertiary/aromatic N) is 2. The molecule has 1 aliphatic carbocycles. The van der Waals surface area contributed by atoms with Gasteiger partial charge in [-0.1, -0.05) is 44.0 Å². The number of nitrogens with one attached hydrogen (secondary N) is 1. The monoisotopic (exact) mass is 421 g/mol. The molecule has 1 heterocycles. The van der Waals surface area contributed by atoms with Crippen LogP contribution in [0.4, 0.5) is 0 Å². The number of hydrogen-bond acceptors (Lipinski definition) is 5. The number of carbonyl (C=O) groups is 1. The molecule has 0 aromatic heterocycles. The first-order valence-electron chi connectivity index (χ1n) is 11.0. The molecule has 3 rings (SSSR count). The molecule has 0 atom stereocenters. The summed E-state index contributed by atoms with van der Waals surface area (Å²) >= 11 is 0. The molecule has 1 amide bonds. The molecular formula is C22H35N3O3S. The van der Waals surface area contributed by atoms with Crippen molar-refractivity contribution in [3.05, 3.63) is 35.4 Å². The number of piperazine rings is 1. The highest BCUT2D eigenvalue weighted by Crippen LogP contribution is 2.25. The second-order valence-electron chi connectivity index (χ2n) is 8.33. The van der Waals surface area contributed by atoms with Crippen LogP contribution in [0.25, 0.3) is 0 Å². The van der Waals surface area contributed by atoms with Gasteiger partial charge in [0, 0.05) is 45.7 Å². The maximum Gasteiger partial charge on any atom is 0.221 e. The van der Waals surface area contributed by atoms with Crippen LogP contribution in [-0.4, -0.2) is 67.9 Å². The number of benzene rings is 1. The molecule has 2 aliphatic rings. The summed E-state index contributed by atoms with van der Waals surface area (Å²) in [6.07, 6.45) is 3.54. The number of likely N-dealkylation sites (N-methyl/N-ethyl adjacent to an activating group) is 1. The minimum atomic E-state index is -3.13. The van der Waals surface area contributed by atoms with Crippen molar-refractivity contribution < 1.29 is 13.2 Å². The molecule has 0 radical (unpaired) electrons. The van der Waals surface area contributed by atoms with Crippen LogP contribution in [0.3, 0.4) is 0 Å². The van der Waals surface area contributed by atoms with Crippen molar-refractivity contribution in [2.24, 2.45) is 0 Å². The molecule has 1 N–H and O–H groups in total. The lowest BCUT2D eigenvalue weighted by molar-refractivity contribution is -0.120. The van der Waals surface area contributed by atoms with E-state index in [4.69, 9.17) is 0 Å². The predicted molar refractivity (Wildman–Crippen MR) is 116 cm³/mol. The van der Waals surface area contributed by atoms with Gasteiger partial charge in [-0.2, -0.15) is 0 Å². The van der Waals surface area contributed by atoms with Gasteiger partial charge in [0.1, 0.15) is 0 Å². The summed E-state index contributed by atoms with van der Waals surface area (Å²) in [6.45, 7) is 9.22. The molecule has 2 fully saturated rings. The van der Waals surface area contributed by atoms with E-state index in [1.54, 1.807) is 0 Å². The molecule has 1 saturated carbocycles. The summed E-state index contributed by atoms with van der Waals surface area (Å²) in [7, 11) is -3.13. The molecule has 0 bridgehead atoms. The molecule has 0 unspecified atom stereocenters. The zero-order chi connectivity index (χ0) is 20.7. The van der Waals surface area contributed by atoms with Gasteiger partial charge in [0.25, 0.3) is 0 Å². The molecule has 7 heteroatoms. The Hall–Kier alpha value is -1.44.